The lowest BCUT2D eigenvalue weighted by Gasteiger charge is -1.89. The highest BCUT2D eigenvalue weighted by atomic mass is 32.2. The average molecular weight is 159 g/mol. The van der Waals surface area contributed by atoms with Gasteiger partial charge in [0.2, 0.25) is 0 Å². The van der Waals surface area contributed by atoms with E-state index in [9.17, 15) is 0 Å². The monoisotopic (exact) mass is 159 g/mol. The lowest BCUT2D eigenvalue weighted by atomic mass is 10.8. The van der Waals surface area contributed by atoms with Gasteiger partial charge in [-0.3, -0.25) is 0 Å². The summed E-state index contributed by atoms with van der Waals surface area (Å²) in [5.74, 6) is 2.00. The van der Waals surface area contributed by atoms with E-state index in [1.807, 2.05) is 6.08 Å². The van der Waals surface area contributed by atoms with Gasteiger partial charge < -0.3 is 0 Å². The van der Waals surface area contributed by atoms with Crippen molar-refractivity contribution in [3.05, 3.63) is 12.7 Å². The standard InChI is InChI=1S/C6H9NS2/c1-2-4-9-5-3-7-6-8/h2H,1,3-5H2. The number of rotatable bonds is 5. The molecule has 0 atom stereocenters. The highest BCUT2D eigenvalue weighted by molar-refractivity contribution is 7.99. The van der Waals surface area contributed by atoms with Gasteiger partial charge in [0, 0.05) is 11.5 Å². The van der Waals surface area contributed by atoms with E-state index in [1.165, 1.54) is 0 Å². The maximum atomic E-state index is 4.38. The Morgan fingerprint density at radius 1 is 1.78 bits per heavy atom. The third-order valence-corrected chi connectivity index (χ3v) is 1.72. The molecule has 0 saturated carbocycles. The Morgan fingerprint density at radius 3 is 3.11 bits per heavy atom. The summed E-state index contributed by atoms with van der Waals surface area (Å²) >= 11 is 6.18. The third kappa shape index (κ3) is 7.89. The Kier molecular flexibility index (Phi) is 7.79. The van der Waals surface area contributed by atoms with Crippen LogP contribution in [0.4, 0.5) is 0 Å². The van der Waals surface area contributed by atoms with Crippen molar-refractivity contribution >= 4 is 29.1 Å². The molecule has 0 N–H and O–H groups in total. The minimum Gasteiger partial charge on any atom is -0.232 e. The highest BCUT2D eigenvalue weighted by Crippen LogP contribution is 1.97. The van der Waals surface area contributed by atoms with Crippen LogP contribution in [0.2, 0.25) is 0 Å². The van der Waals surface area contributed by atoms with Gasteiger partial charge in [-0.1, -0.05) is 6.08 Å². The topological polar surface area (TPSA) is 12.4 Å². The first-order valence-electron chi connectivity index (χ1n) is 2.64. The summed E-state index contributed by atoms with van der Waals surface area (Å²) in [6.07, 6.45) is 1.88. The molecule has 1 nitrogen and oxygen atoms in total. The smallest absolute Gasteiger partial charge is 0.0585 e. The summed E-state index contributed by atoms with van der Waals surface area (Å²) in [5, 5.41) is 2.31. The van der Waals surface area contributed by atoms with E-state index in [1.54, 1.807) is 11.8 Å². The van der Waals surface area contributed by atoms with Crippen LogP contribution in [0, 0.1) is 0 Å². The van der Waals surface area contributed by atoms with Crippen LogP contribution in [0.15, 0.2) is 17.6 Å². The van der Waals surface area contributed by atoms with E-state index in [0.29, 0.717) is 0 Å². The number of aliphatic imine (C=N–C) groups is 1. The van der Waals surface area contributed by atoms with E-state index in [-0.39, 0.29) is 0 Å². The molecule has 0 aromatic heterocycles. The van der Waals surface area contributed by atoms with Crippen molar-refractivity contribution in [3.63, 3.8) is 0 Å². The van der Waals surface area contributed by atoms with Crippen LogP contribution in [0.25, 0.3) is 0 Å². The quantitative estimate of drug-likeness (QED) is 0.263. The molecule has 0 amide bonds. The van der Waals surface area contributed by atoms with Crippen molar-refractivity contribution in [1.82, 2.24) is 0 Å². The predicted octanol–water partition coefficient (Wildman–Crippen LogP) is 2.01. The molecule has 9 heavy (non-hydrogen) atoms. The lowest BCUT2D eigenvalue weighted by Crippen LogP contribution is -1.83. The molecule has 0 aliphatic carbocycles. The highest BCUT2D eigenvalue weighted by Gasteiger charge is 1.80. The third-order valence-electron chi connectivity index (χ3n) is 0.648. The van der Waals surface area contributed by atoms with E-state index >= 15 is 0 Å². The zero-order chi connectivity index (χ0) is 6.95. The average Bonchev–Trinajstić information content (AvgIpc) is 1.89. The van der Waals surface area contributed by atoms with Crippen LogP contribution in [-0.4, -0.2) is 23.2 Å². The van der Waals surface area contributed by atoms with E-state index in [2.05, 4.69) is 29.0 Å². The second-order valence-corrected chi connectivity index (χ2v) is 2.67. The Labute approximate surface area is 65.3 Å². The van der Waals surface area contributed by atoms with Gasteiger partial charge in [0.25, 0.3) is 0 Å². The molecular formula is C6H9NS2. The zero-order valence-corrected chi connectivity index (χ0v) is 6.80. The van der Waals surface area contributed by atoms with Crippen molar-refractivity contribution in [1.29, 1.82) is 0 Å². The predicted molar refractivity (Wildman–Crippen MR) is 47.4 cm³/mol. The Hall–Kier alpha value is -0.110. The molecule has 0 aromatic carbocycles. The maximum Gasteiger partial charge on any atom is 0.0585 e. The van der Waals surface area contributed by atoms with Crippen LogP contribution in [0.3, 0.4) is 0 Å². The molecule has 0 radical (unpaired) electrons. The SMILES string of the molecule is C=CCSCCN=C=S. The van der Waals surface area contributed by atoms with Gasteiger partial charge in [0.1, 0.15) is 0 Å². The number of isothiocyanates is 1. The van der Waals surface area contributed by atoms with Crippen molar-refractivity contribution in [2.24, 2.45) is 4.99 Å². The molecule has 0 fully saturated rings. The molecule has 0 aliphatic heterocycles. The molecule has 0 aliphatic rings. The first-order chi connectivity index (χ1) is 4.41. The molecule has 0 heterocycles. The van der Waals surface area contributed by atoms with Gasteiger partial charge in [0.15, 0.2) is 0 Å². The second-order valence-electron chi connectivity index (χ2n) is 1.34. The van der Waals surface area contributed by atoms with Gasteiger partial charge in [-0.15, -0.1) is 6.58 Å². The molecule has 3 heteroatoms. The summed E-state index contributed by atoms with van der Waals surface area (Å²) in [4.78, 5) is 3.75. The van der Waals surface area contributed by atoms with Crippen molar-refractivity contribution in [2.45, 2.75) is 0 Å². The summed E-state index contributed by atoms with van der Waals surface area (Å²) in [5.41, 5.74) is 0. The lowest BCUT2D eigenvalue weighted by molar-refractivity contribution is 1.16. The molecule has 0 aromatic rings. The number of hydrogen-bond donors (Lipinski definition) is 0. The Morgan fingerprint density at radius 2 is 2.56 bits per heavy atom. The van der Waals surface area contributed by atoms with Crippen LogP contribution in [-0.2, 0) is 0 Å². The zero-order valence-electron chi connectivity index (χ0n) is 5.17. The van der Waals surface area contributed by atoms with Gasteiger partial charge in [0.05, 0.1) is 11.7 Å². The fourth-order valence-corrected chi connectivity index (χ4v) is 0.968. The van der Waals surface area contributed by atoms with Crippen LogP contribution in [0.1, 0.15) is 0 Å². The second kappa shape index (κ2) is 7.89. The van der Waals surface area contributed by atoms with Crippen LogP contribution in [0.5, 0.6) is 0 Å². The first kappa shape index (κ1) is 8.89. The fraction of sp³-hybridized carbons (Fsp3) is 0.500. The Bertz CT molecular complexity index is 116. The summed E-state index contributed by atoms with van der Waals surface area (Å²) in [6, 6.07) is 0. The van der Waals surface area contributed by atoms with Crippen LogP contribution < -0.4 is 0 Å². The molecule has 0 spiro atoms. The number of hydrogen-bond acceptors (Lipinski definition) is 3. The Balaban J connectivity index is 2.90. The number of thioether (sulfide) groups is 1. The van der Waals surface area contributed by atoms with Crippen molar-refractivity contribution < 1.29 is 0 Å². The van der Waals surface area contributed by atoms with Crippen molar-refractivity contribution in [2.75, 3.05) is 18.1 Å². The summed E-state index contributed by atoms with van der Waals surface area (Å²) < 4.78 is 0. The normalized spacial score (nSPS) is 8.00. The molecular weight excluding hydrogens is 150 g/mol. The van der Waals surface area contributed by atoms with E-state index in [0.717, 1.165) is 18.1 Å². The molecule has 50 valence electrons. The van der Waals surface area contributed by atoms with Gasteiger partial charge in [-0.25, -0.2) is 4.99 Å². The van der Waals surface area contributed by atoms with E-state index < -0.39 is 0 Å². The molecule has 0 saturated heterocycles. The van der Waals surface area contributed by atoms with Gasteiger partial charge in [-0.2, -0.15) is 11.8 Å². The number of thiocarbonyl (C=S) groups is 1. The first-order valence-corrected chi connectivity index (χ1v) is 4.20. The van der Waals surface area contributed by atoms with Crippen LogP contribution >= 0.6 is 24.0 Å². The van der Waals surface area contributed by atoms with E-state index in [4.69, 9.17) is 0 Å². The minimum atomic E-state index is 0.780. The summed E-state index contributed by atoms with van der Waals surface area (Å²) in [7, 11) is 0. The summed E-state index contributed by atoms with van der Waals surface area (Å²) in [6.45, 7) is 4.37. The largest absolute Gasteiger partial charge is 0.232 e. The molecule has 0 rings (SSSR count). The molecule has 0 bridgehead atoms. The number of nitrogens with zero attached hydrogens (tertiary/aromatic N) is 1. The fourth-order valence-electron chi connectivity index (χ4n) is 0.323. The maximum absolute atomic E-state index is 4.38. The molecule has 0 unspecified atom stereocenters. The minimum absolute atomic E-state index is 0.780. The van der Waals surface area contributed by atoms with Gasteiger partial charge >= 0.3 is 0 Å². The van der Waals surface area contributed by atoms with Gasteiger partial charge in [-0.05, 0) is 12.2 Å². The van der Waals surface area contributed by atoms with Crippen molar-refractivity contribution in [3.8, 4) is 0 Å².